The van der Waals surface area contributed by atoms with Crippen LogP contribution >= 0.6 is 11.6 Å². The van der Waals surface area contributed by atoms with Crippen LogP contribution in [0.1, 0.15) is 45.1 Å². The monoisotopic (exact) mass is 396 g/mol. The number of aromatic nitrogens is 1. The molecule has 0 spiro atoms. The van der Waals surface area contributed by atoms with E-state index in [4.69, 9.17) is 21.1 Å². The number of hydrogen-bond acceptors (Lipinski definition) is 3. The van der Waals surface area contributed by atoms with Crippen LogP contribution in [0.2, 0.25) is 18.1 Å². The van der Waals surface area contributed by atoms with E-state index < -0.39 is 15.1 Å². The largest absolute Gasteiger partial charge is 0.465 e. The average molecular weight is 397 g/mol. The van der Waals surface area contributed by atoms with Crippen LogP contribution in [-0.2, 0) is 4.43 Å². The van der Waals surface area contributed by atoms with E-state index in [9.17, 15) is 4.79 Å². The standard InChI is InChI=1S/C19H29ClN2O3Si/c1-12-11-22(18(23)24)8-7-14(12)13-9-15(20)16(21-10-13)17(19(2,3)4)25-26(5)6/h7,9-10,12,17,26H,8,11H2,1-6H3,(H,23,24). The van der Waals surface area contributed by atoms with Gasteiger partial charge in [-0.2, -0.15) is 0 Å². The predicted octanol–water partition coefficient (Wildman–Crippen LogP) is 4.84. The molecule has 26 heavy (non-hydrogen) atoms. The van der Waals surface area contributed by atoms with Crippen LogP contribution in [-0.4, -0.2) is 43.2 Å². The minimum absolute atomic E-state index is 0.0984. The molecule has 1 aliphatic heterocycles. The summed E-state index contributed by atoms with van der Waals surface area (Å²) in [6.07, 6.45) is 2.76. The highest BCUT2D eigenvalue weighted by Crippen LogP contribution is 2.40. The normalized spacial score (nSPS) is 19.5. The summed E-state index contributed by atoms with van der Waals surface area (Å²) >= 11 is 6.60. The summed E-state index contributed by atoms with van der Waals surface area (Å²) in [6, 6.07) is 1.94. The van der Waals surface area contributed by atoms with Crippen LogP contribution in [0.15, 0.2) is 18.3 Å². The number of nitrogens with zero attached hydrogens (tertiary/aromatic N) is 2. The first-order chi connectivity index (χ1) is 12.0. The number of carbonyl (C=O) groups is 1. The SMILES string of the molecule is CC1CN(C(=O)O)CC=C1c1cnc(C(O[SiH](C)C)C(C)(C)C)c(Cl)c1. The van der Waals surface area contributed by atoms with Crippen molar-refractivity contribution in [2.45, 2.75) is 46.9 Å². The summed E-state index contributed by atoms with van der Waals surface area (Å²) in [6.45, 7) is 13.6. The zero-order valence-corrected chi connectivity index (χ0v) is 18.3. The molecule has 0 saturated heterocycles. The second-order valence-corrected chi connectivity index (χ2v) is 11.0. The summed E-state index contributed by atoms with van der Waals surface area (Å²) in [5.74, 6) is 0.0984. The molecule has 144 valence electrons. The first kappa shape index (κ1) is 20.9. The van der Waals surface area contributed by atoms with Crippen molar-refractivity contribution in [1.82, 2.24) is 9.88 Å². The van der Waals surface area contributed by atoms with Crippen molar-refractivity contribution in [1.29, 1.82) is 0 Å². The van der Waals surface area contributed by atoms with E-state index in [2.05, 4.69) is 38.8 Å². The van der Waals surface area contributed by atoms with Gasteiger partial charge in [0.1, 0.15) is 0 Å². The van der Waals surface area contributed by atoms with E-state index in [1.54, 1.807) is 0 Å². The second kappa shape index (κ2) is 8.11. The van der Waals surface area contributed by atoms with Gasteiger partial charge in [-0.05, 0) is 41.6 Å². The van der Waals surface area contributed by atoms with Crippen LogP contribution in [0, 0.1) is 11.3 Å². The Morgan fingerprint density at radius 1 is 1.46 bits per heavy atom. The molecule has 0 aliphatic carbocycles. The molecule has 1 N–H and O–H groups in total. The lowest BCUT2D eigenvalue weighted by atomic mass is 9.86. The lowest BCUT2D eigenvalue weighted by molar-refractivity contribution is 0.0828. The molecule has 0 bridgehead atoms. The van der Waals surface area contributed by atoms with Gasteiger partial charge in [0, 0.05) is 19.3 Å². The Morgan fingerprint density at radius 3 is 2.58 bits per heavy atom. The van der Waals surface area contributed by atoms with Gasteiger partial charge >= 0.3 is 6.09 Å². The van der Waals surface area contributed by atoms with Crippen molar-refractivity contribution in [2.75, 3.05) is 13.1 Å². The number of carboxylic acid groups (broad SMARTS) is 1. The van der Waals surface area contributed by atoms with Crippen molar-refractivity contribution in [2.24, 2.45) is 11.3 Å². The van der Waals surface area contributed by atoms with E-state index in [0.29, 0.717) is 18.1 Å². The van der Waals surface area contributed by atoms with Crippen LogP contribution in [0.3, 0.4) is 0 Å². The molecule has 1 aromatic heterocycles. The number of amides is 1. The van der Waals surface area contributed by atoms with Crippen molar-refractivity contribution in [3.05, 3.63) is 34.6 Å². The highest BCUT2D eigenvalue weighted by Gasteiger charge is 2.31. The zero-order valence-electron chi connectivity index (χ0n) is 16.4. The van der Waals surface area contributed by atoms with Gasteiger partial charge in [-0.3, -0.25) is 4.98 Å². The Hall–Kier alpha value is -1.37. The van der Waals surface area contributed by atoms with Gasteiger partial charge in [0.05, 0.1) is 16.8 Å². The number of pyridine rings is 1. The molecular formula is C19H29ClN2O3Si. The summed E-state index contributed by atoms with van der Waals surface area (Å²) in [7, 11) is -1.26. The first-order valence-corrected chi connectivity index (χ1v) is 12.2. The highest BCUT2D eigenvalue weighted by atomic mass is 35.5. The topological polar surface area (TPSA) is 62.7 Å². The lowest BCUT2D eigenvalue weighted by Crippen LogP contribution is -2.37. The van der Waals surface area contributed by atoms with Crippen molar-refractivity contribution in [3.8, 4) is 0 Å². The highest BCUT2D eigenvalue weighted by molar-refractivity contribution is 6.48. The minimum Gasteiger partial charge on any atom is -0.465 e. The third kappa shape index (κ3) is 4.87. The van der Waals surface area contributed by atoms with Crippen molar-refractivity contribution in [3.63, 3.8) is 0 Å². The van der Waals surface area contributed by atoms with E-state index in [1.165, 1.54) is 4.90 Å². The Bertz CT molecular complexity index is 701. The predicted molar refractivity (Wildman–Crippen MR) is 108 cm³/mol. The molecule has 2 atom stereocenters. The molecular weight excluding hydrogens is 368 g/mol. The summed E-state index contributed by atoms with van der Waals surface area (Å²) < 4.78 is 6.23. The maximum atomic E-state index is 11.2. The number of hydrogen-bond donors (Lipinski definition) is 1. The summed E-state index contributed by atoms with van der Waals surface area (Å²) in [4.78, 5) is 17.2. The Morgan fingerprint density at radius 2 is 2.12 bits per heavy atom. The minimum atomic E-state index is -1.26. The fraction of sp³-hybridized carbons (Fsp3) is 0.579. The maximum Gasteiger partial charge on any atom is 0.407 e. The number of rotatable bonds is 4. The van der Waals surface area contributed by atoms with Gasteiger partial charge in [0.25, 0.3) is 0 Å². The zero-order chi connectivity index (χ0) is 19.6. The quantitative estimate of drug-likeness (QED) is 0.740. The van der Waals surface area contributed by atoms with E-state index in [-0.39, 0.29) is 17.4 Å². The Labute approximate surface area is 162 Å². The molecule has 1 aromatic rings. The lowest BCUT2D eigenvalue weighted by Gasteiger charge is -2.33. The molecule has 2 heterocycles. The fourth-order valence-electron chi connectivity index (χ4n) is 3.22. The van der Waals surface area contributed by atoms with Crippen LogP contribution < -0.4 is 0 Å². The average Bonchev–Trinajstić information content (AvgIpc) is 2.51. The molecule has 0 radical (unpaired) electrons. The van der Waals surface area contributed by atoms with E-state index in [0.717, 1.165) is 16.8 Å². The smallest absolute Gasteiger partial charge is 0.407 e. The molecule has 2 unspecified atom stereocenters. The van der Waals surface area contributed by atoms with Crippen molar-refractivity contribution >= 4 is 32.3 Å². The van der Waals surface area contributed by atoms with Gasteiger partial charge in [-0.1, -0.05) is 45.4 Å². The first-order valence-electron chi connectivity index (χ1n) is 9.00. The van der Waals surface area contributed by atoms with Crippen LogP contribution in [0.5, 0.6) is 0 Å². The van der Waals surface area contributed by atoms with Crippen LogP contribution in [0.4, 0.5) is 4.79 Å². The van der Waals surface area contributed by atoms with Crippen LogP contribution in [0.25, 0.3) is 5.57 Å². The Kier molecular flexibility index (Phi) is 6.53. The second-order valence-electron chi connectivity index (χ2n) is 8.27. The molecule has 0 saturated carbocycles. The van der Waals surface area contributed by atoms with E-state index >= 15 is 0 Å². The Balaban J connectivity index is 2.33. The van der Waals surface area contributed by atoms with Gasteiger partial charge in [0.2, 0.25) is 0 Å². The van der Waals surface area contributed by atoms with Gasteiger partial charge in [-0.25, -0.2) is 4.79 Å². The maximum absolute atomic E-state index is 11.2. The molecule has 0 aromatic carbocycles. The molecule has 5 nitrogen and oxygen atoms in total. The van der Waals surface area contributed by atoms with E-state index in [1.807, 2.05) is 25.3 Å². The molecule has 2 rings (SSSR count). The molecule has 0 fully saturated rings. The third-order valence-electron chi connectivity index (χ3n) is 4.47. The number of halogens is 1. The third-order valence-corrected chi connectivity index (χ3v) is 5.59. The van der Waals surface area contributed by atoms with Gasteiger partial charge in [0.15, 0.2) is 9.04 Å². The van der Waals surface area contributed by atoms with Crippen molar-refractivity contribution < 1.29 is 14.3 Å². The fourth-order valence-corrected chi connectivity index (χ4v) is 4.57. The molecule has 1 aliphatic rings. The van der Waals surface area contributed by atoms with Gasteiger partial charge in [-0.15, -0.1) is 0 Å². The molecule has 7 heteroatoms. The summed E-state index contributed by atoms with van der Waals surface area (Å²) in [5.41, 5.74) is 2.72. The summed E-state index contributed by atoms with van der Waals surface area (Å²) in [5, 5.41) is 9.76. The molecule has 1 amide bonds. The van der Waals surface area contributed by atoms with Gasteiger partial charge < -0.3 is 14.4 Å².